The molecule has 2 rings (SSSR count). The molecule has 1 aromatic carbocycles. The third-order valence-electron chi connectivity index (χ3n) is 2.89. The summed E-state index contributed by atoms with van der Waals surface area (Å²) in [6.07, 6.45) is 1.77. The number of rotatable bonds is 5. The van der Waals surface area contributed by atoms with Crippen molar-refractivity contribution >= 4 is 23.4 Å². The van der Waals surface area contributed by atoms with Gasteiger partial charge in [0.2, 0.25) is 0 Å². The molecule has 0 aliphatic rings. The summed E-state index contributed by atoms with van der Waals surface area (Å²) in [4.78, 5) is 5.51. The average Bonchev–Trinajstić information content (AvgIpc) is 2.41. The third-order valence-corrected chi connectivity index (χ3v) is 4.50. The number of nitrogens with zero attached hydrogens (tertiary/aromatic N) is 1. The molecule has 0 fully saturated rings. The minimum atomic E-state index is 0.497. The minimum Gasteiger partial charge on any atom is -0.310 e. The Hall–Kier alpha value is -1.03. The quantitative estimate of drug-likeness (QED) is 0.867. The Bertz CT molecular complexity index is 584. The molecule has 0 amide bonds. The van der Waals surface area contributed by atoms with E-state index in [9.17, 15) is 0 Å². The lowest BCUT2D eigenvalue weighted by molar-refractivity contribution is 0.588. The van der Waals surface area contributed by atoms with E-state index < -0.39 is 0 Å². The highest BCUT2D eigenvalue weighted by molar-refractivity contribution is 7.99. The first-order valence-corrected chi connectivity index (χ1v) is 7.87. The van der Waals surface area contributed by atoms with E-state index in [1.165, 1.54) is 16.0 Å². The summed E-state index contributed by atoms with van der Waals surface area (Å²) in [7, 11) is 0. The molecule has 0 atom stereocenters. The Morgan fingerprint density at radius 2 is 2.10 bits per heavy atom. The van der Waals surface area contributed by atoms with Crippen LogP contribution >= 0.6 is 23.4 Å². The number of hydrogen-bond donors (Lipinski definition) is 1. The zero-order chi connectivity index (χ0) is 14.5. The Morgan fingerprint density at radius 1 is 1.30 bits per heavy atom. The first-order chi connectivity index (χ1) is 9.56. The molecule has 2 aromatic rings. The van der Waals surface area contributed by atoms with Crippen LogP contribution in [0.4, 0.5) is 0 Å². The largest absolute Gasteiger partial charge is 0.310 e. The molecule has 0 spiro atoms. The number of pyridine rings is 1. The summed E-state index contributed by atoms with van der Waals surface area (Å²) in [6, 6.07) is 10.7. The number of aromatic nitrogens is 1. The van der Waals surface area contributed by atoms with Crippen LogP contribution in [0.25, 0.3) is 0 Å². The van der Waals surface area contributed by atoms with Crippen LogP contribution in [0.3, 0.4) is 0 Å². The van der Waals surface area contributed by atoms with Crippen molar-refractivity contribution in [2.75, 3.05) is 0 Å². The fourth-order valence-electron chi connectivity index (χ4n) is 1.81. The second kappa shape index (κ2) is 7.11. The standard InChI is InChI=1S/C16H19ClN2S/c1-11(2)19-10-13-6-7-15(12(3)9-13)20-16-14(17)5-4-8-18-16/h4-9,11,19H,10H2,1-3H3. The van der Waals surface area contributed by atoms with Crippen molar-refractivity contribution in [1.82, 2.24) is 10.3 Å². The molecule has 4 heteroatoms. The zero-order valence-electron chi connectivity index (χ0n) is 12.0. The van der Waals surface area contributed by atoms with Gasteiger partial charge < -0.3 is 5.32 Å². The molecule has 0 aliphatic heterocycles. The smallest absolute Gasteiger partial charge is 0.119 e. The van der Waals surface area contributed by atoms with Gasteiger partial charge in [0.1, 0.15) is 5.03 Å². The van der Waals surface area contributed by atoms with E-state index >= 15 is 0 Å². The molecule has 1 aromatic heterocycles. The highest BCUT2D eigenvalue weighted by Crippen LogP contribution is 2.33. The summed E-state index contributed by atoms with van der Waals surface area (Å²) in [5.74, 6) is 0. The molecule has 1 N–H and O–H groups in total. The van der Waals surface area contributed by atoms with Gasteiger partial charge >= 0.3 is 0 Å². The maximum absolute atomic E-state index is 6.15. The first kappa shape index (κ1) is 15.4. The molecule has 20 heavy (non-hydrogen) atoms. The van der Waals surface area contributed by atoms with Crippen molar-refractivity contribution < 1.29 is 0 Å². The van der Waals surface area contributed by atoms with Crippen LogP contribution in [0.1, 0.15) is 25.0 Å². The molecule has 2 nitrogen and oxygen atoms in total. The summed E-state index contributed by atoms with van der Waals surface area (Å²) >= 11 is 7.76. The number of halogens is 1. The van der Waals surface area contributed by atoms with Gasteiger partial charge in [0, 0.05) is 23.7 Å². The van der Waals surface area contributed by atoms with Gasteiger partial charge in [-0.1, -0.05) is 49.3 Å². The van der Waals surface area contributed by atoms with Gasteiger partial charge in [-0.3, -0.25) is 0 Å². The second-order valence-electron chi connectivity index (χ2n) is 5.03. The van der Waals surface area contributed by atoms with Crippen molar-refractivity contribution in [2.45, 2.75) is 43.3 Å². The molecule has 0 bridgehead atoms. The predicted molar refractivity (Wildman–Crippen MR) is 86.5 cm³/mol. The monoisotopic (exact) mass is 306 g/mol. The molecule has 0 unspecified atom stereocenters. The van der Waals surface area contributed by atoms with Gasteiger partial charge in [-0.05, 0) is 36.2 Å². The highest BCUT2D eigenvalue weighted by Gasteiger charge is 2.07. The van der Waals surface area contributed by atoms with Crippen LogP contribution in [-0.4, -0.2) is 11.0 Å². The zero-order valence-corrected chi connectivity index (χ0v) is 13.6. The van der Waals surface area contributed by atoms with Crippen LogP contribution < -0.4 is 5.32 Å². The Labute approximate surface area is 130 Å². The Morgan fingerprint density at radius 3 is 2.75 bits per heavy atom. The predicted octanol–water partition coefficient (Wildman–Crippen LogP) is 4.69. The summed E-state index contributed by atoms with van der Waals surface area (Å²) < 4.78 is 0. The van der Waals surface area contributed by atoms with Crippen LogP contribution in [0, 0.1) is 6.92 Å². The molecular formula is C16H19ClN2S. The van der Waals surface area contributed by atoms with E-state index in [2.05, 4.69) is 49.3 Å². The van der Waals surface area contributed by atoms with E-state index in [1.807, 2.05) is 12.1 Å². The van der Waals surface area contributed by atoms with Crippen molar-refractivity contribution in [2.24, 2.45) is 0 Å². The van der Waals surface area contributed by atoms with E-state index in [0.717, 1.165) is 11.6 Å². The summed E-state index contributed by atoms with van der Waals surface area (Å²) in [6.45, 7) is 7.33. The van der Waals surface area contributed by atoms with Gasteiger partial charge in [-0.2, -0.15) is 0 Å². The lowest BCUT2D eigenvalue weighted by Gasteiger charge is -2.11. The van der Waals surface area contributed by atoms with E-state index in [4.69, 9.17) is 11.6 Å². The number of nitrogens with one attached hydrogen (secondary N) is 1. The van der Waals surface area contributed by atoms with Crippen molar-refractivity contribution in [3.63, 3.8) is 0 Å². The van der Waals surface area contributed by atoms with E-state index in [1.54, 1.807) is 18.0 Å². The average molecular weight is 307 g/mol. The molecular weight excluding hydrogens is 288 g/mol. The first-order valence-electron chi connectivity index (χ1n) is 6.67. The van der Waals surface area contributed by atoms with Crippen LogP contribution in [0.2, 0.25) is 5.02 Å². The third kappa shape index (κ3) is 4.23. The molecule has 106 valence electrons. The minimum absolute atomic E-state index is 0.497. The molecule has 0 aliphatic carbocycles. The maximum atomic E-state index is 6.15. The Kier molecular flexibility index (Phi) is 5.46. The fraction of sp³-hybridized carbons (Fsp3) is 0.312. The molecule has 0 radical (unpaired) electrons. The van der Waals surface area contributed by atoms with E-state index in [-0.39, 0.29) is 0 Å². The van der Waals surface area contributed by atoms with E-state index in [0.29, 0.717) is 11.1 Å². The van der Waals surface area contributed by atoms with Gasteiger partial charge in [-0.15, -0.1) is 0 Å². The lowest BCUT2D eigenvalue weighted by Crippen LogP contribution is -2.21. The van der Waals surface area contributed by atoms with Crippen LogP contribution in [-0.2, 0) is 6.54 Å². The SMILES string of the molecule is Cc1cc(CNC(C)C)ccc1Sc1ncccc1Cl. The molecule has 0 saturated carbocycles. The molecule has 0 saturated heterocycles. The maximum Gasteiger partial charge on any atom is 0.119 e. The van der Waals surface area contributed by atoms with Gasteiger partial charge in [-0.25, -0.2) is 4.98 Å². The van der Waals surface area contributed by atoms with Crippen molar-refractivity contribution in [1.29, 1.82) is 0 Å². The highest BCUT2D eigenvalue weighted by atomic mass is 35.5. The summed E-state index contributed by atoms with van der Waals surface area (Å²) in [5, 5.41) is 4.98. The van der Waals surface area contributed by atoms with Crippen LogP contribution in [0.15, 0.2) is 46.5 Å². The lowest BCUT2D eigenvalue weighted by atomic mass is 10.1. The normalized spacial score (nSPS) is 11.1. The van der Waals surface area contributed by atoms with Gasteiger partial charge in [0.15, 0.2) is 0 Å². The van der Waals surface area contributed by atoms with Crippen LogP contribution in [0.5, 0.6) is 0 Å². The number of aryl methyl sites for hydroxylation is 1. The number of hydrogen-bond acceptors (Lipinski definition) is 3. The summed E-state index contributed by atoms with van der Waals surface area (Å²) in [5.41, 5.74) is 2.55. The Balaban J connectivity index is 2.12. The fourth-order valence-corrected chi connectivity index (χ4v) is 2.89. The van der Waals surface area contributed by atoms with Crippen molar-refractivity contribution in [3.05, 3.63) is 52.7 Å². The second-order valence-corrected chi connectivity index (χ2v) is 6.47. The van der Waals surface area contributed by atoms with Crippen molar-refractivity contribution in [3.8, 4) is 0 Å². The van der Waals surface area contributed by atoms with Gasteiger partial charge in [0.25, 0.3) is 0 Å². The molecule has 1 heterocycles. The number of benzene rings is 1. The van der Waals surface area contributed by atoms with Gasteiger partial charge in [0.05, 0.1) is 5.02 Å². The topological polar surface area (TPSA) is 24.9 Å².